The summed E-state index contributed by atoms with van der Waals surface area (Å²) < 4.78 is 4.32. The quantitative estimate of drug-likeness (QED) is 0.621. The Morgan fingerprint density at radius 3 is 2.13 bits per heavy atom. The van der Waals surface area contributed by atoms with Crippen LogP contribution in [-0.2, 0) is 0 Å². The van der Waals surface area contributed by atoms with Gasteiger partial charge in [-0.3, -0.25) is 0 Å². The molecule has 0 spiro atoms. The summed E-state index contributed by atoms with van der Waals surface area (Å²) in [7, 11) is 2.27. The van der Waals surface area contributed by atoms with Crippen LogP contribution >= 0.6 is 0 Å². The monoisotopic (exact) mass is 315 g/mol. The van der Waals surface area contributed by atoms with E-state index >= 15 is 0 Å². The summed E-state index contributed by atoms with van der Waals surface area (Å²) in [4.78, 5) is 2.50. The molecule has 0 unspecified atom stereocenters. The molecule has 0 amide bonds. The van der Waals surface area contributed by atoms with Crippen LogP contribution in [-0.4, -0.2) is 46.5 Å². The molecule has 0 aliphatic rings. The van der Waals surface area contributed by atoms with Crippen molar-refractivity contribution in [3.8, 4) is 0 Å². The summed E-state index contributed by atoms with van der Waals surface area (Å²) in [5.41, 5.74) is 0. The van der Waals surface area contributed by atoms with Gasteiger partial charge in [0.05, 0.1) is 0 Å². The van der Waals surface area contributed by atoms with Gasteiger partial charge < -0.3 is 0 Å². The Kier molecular flexibility index (Phi) is 10.6. The molecule has 0 radical (unpaired) electrons. The predicted octanol–water partition coefficient (Wildman–Crippen LogP) is 4.03. The third kappa shape index (κ3) is 8.62. The molecule has 90 valence electrons. The van der Waals surface area contributed by atoms with Gasteiger partial charge in [-0.2, -0.15) is 0 Å². The molecule has 0 fully saturated rings. The Balaban J connectivity index is 3.61. The van der Waals surface area contributed by atoms with Crippen molar-refractivity contribution in [2.45, 2.75) is 59.0 Å². The zero-order valence-corrected chi connectivity index (χ0v) is 14.8. The van der Waals surface area contributed by atoms with E-state index in [0.29, 0.717) is 0 Å². The van der Waals surface area contributed by atoms with Crippen LogP contribution in [0, 0.1) is 0 Å². The van der Waals surface area contributed by atoms with Crippen molar-refractivity contribution in [2.75, 3.05) is 20.1 Å². The van der Waals surface area contributed by atoms with Crippen LogP contribution in [0.15, 0.2) is 0 Å². The van der Waals surface area contributed by atoms with Gasteiger partial charge in [0.2, 0.25) is 0 Å². The van der Waals surface area contributed by atoms with Crippen LogP contribution in [0.25, 0.3) is 0 Å². The Bertz CT molecular complexity index is 136. The minimum atomic E-state index is -1.11. The molecule has 2 heteroatoms. The van der Waals surface area contributed by atoms with Gasteiger partial charge in [0.1, 0.15) is 0 Å². The van der Waals surface area contributed by atoms with Crippen LogP contribution in [0.4, 0.5) is 0 Å². The molecule has 0 aromatic rings. The molecule has 0 saturated heterocycles. The first-order valence-electron chi connectivity index (χ1n) is 6.80. The summed E-state index contributed by atoms with van der Waals surface area (Å²) in [6.45, 7) is 12.2. The van der Waals surface area contributed by atoms with Gasteiger partial charge >= 0.3 is 105 Å². The zero-order valence-electron chi connectivity index (χ0n) is 11.6. The van der Waals surface area contributed by atoms with Gasteiger partial charge in [-0.15, -0.1) is 0 Å². The molecule has 0 aromatic carbocycles. The standard InChI is InChI=1S/C7H16N.2C3H7.In/c1-4-6-8(3)7-5-2;2*1-3-2;/h1,4-7H2,2-3H3;3H,1-2H3;1,3H2,2H3;. The van der Waals surface area contributed by atoms with Crippen molar-refractivity contribution in [3.63, 3.8) is 0 Å². The second-order valence-corrected chi connectivity index (χ2v) is 16.7. The van der Waals surface area contributed by atoms with Gasteiger partial charge in [0.15, 0.2) is 0 Å². The first-order valence-corrected chi connectivity index (χ1v) is 13.4. The molecular formula is C13H30InN. The molecule has 0 heterocycles. The first kappa shape index (κ1) is 15.8. The molecular weight excluding hydrogens is 285 g/mol. The maximum atomic E-state index is 2.50. The predicted molar refractivity (Wildman–Crippen MR) is 73.2 cm³/mol. The van der Waals surface area contributed by atoms with Gasteiger partial charge in [0, 0.05) is 0 Å². The number of hydrogen-bond acceptors (Lipinski definition) is 1. The molecule has 0 atom stereocenters. The van der Waals surface area contributed by atoms with E-state index in [1.54, 1.807) is 8.35 Å². The molecule has 0 saturated carbocycles. The van der Waals surface area contributed by atoms with Crippen molar-refractivity contribution in [1.29, 1.82) is 0 Å². The van der Waals surface area contributed by atoms with E-state index in [9.17, 15) is 0 Å². The number of hydrogen-bond donors (Lipinski definition) is 0. The van der Waals surface area contributed by atoms with Crippen molar-refractivity contribution in [1.82, 2.24) is 4.90 Å². The summed E-state index contributed by atoms with van der Waals surface area (Å²) in [5.74, 6) is 0. The zero-order chi connectivity index (χ0) is 11.7. The van der Waals surface area contributed by atoms with Gasteiger partial charge in [-0.25, -0.2) is 0 Å². The second kappa shape index (κ2) is 10.0. The third-order valence-corrected chi connectivity index (χ3v) is 15.8. The molecule has 0 rings (SSSR count). The van der Waals surface area contributed by atoms with E-state index in [1.165, 1.54) is 32.4 Å². The Morgan fingerprint density at radius 2 is 1.67 bits per heavy atom. The molecule has 0 aliphatic heterocycles. The summed E-state index contributed by atoms with van der Waals surface area (Å²) in [6, 6.07) is 0. The molecule has 0 aromatic heterocycles. The molecule has 0 bridgehead atoms. The van der Waals surface area contributed by atoms with Crippen molar-refractivity contribution < 1.29 is 0 Å². The number of rotatable bonds is 9. The van der Waals surface area contributed by atoms with Crippen LogP contribution in [0.1, 0.15) is 47.0 Å². The molecule has 1 nitrogen and oxygen atoms in total. The van der Waals surface area contributed by atoms with E-state index in [4.69, 9.17) is 0 Å². The fourth-order valence-electron chi connectivity index (χ4n) is 2.30. The van der Waals surface area contributed by atoms with E-state index in [1.807, 2.05) is 0 Å². The van der Waals surface area contributed by atoms with Crippen LogP contribution < -0.4 is 0 Å². The topological polar surface area (TPSA) is 3.24 Å². The van der Waals surface area contributed by atoms with Crippen molar-refractivity contribution >= 4 is 21.4 Å². The number of nitrogens with zero attached hydrogens (tertiary/aromatic N) is 1. The molecule has 0 aliphatic carbocycles. The van der Waals surface area contributed by atoms with E-state index in [-0.39, 0.29) is 0 Å². The van der Waals surface area contributed by atoms with Crippen molar-refractivity contribution in [2.24, 2.45) is 0 Å². The minimum absolute atomic E-state index is 1.07. The summed E-state index contributed by atoms with van der Waals surface area (Å²) >= 11 is -1.11. The maximum absolute atomic E-state index is 2.50. The summed E-state index contributed by atoms with van der Waals surface area (Å²) in [6.07, 6.45) is 4.20. The fourth-order valence-corrected chi connectivity index (χ4v) is 11.1. The SMILES string of the molecule is CCCN(C)CC[CH2][In]([CH2]CC)[CH](C)C. The van der Waals surface area contributed by atoms with E-state index in [0.717, 1.165) is 3.67 Å². The van der Waals surface area contributed by atoms with Crippen LogP contribution in [0.5, 0.6) is 0 Å². The fraction of sp³-hybridized carbons (Fsp3) is 1.00. The average Bonchev–Trinajstić information content (AvgIpc) is 2.16. The molecule has 15 heavy (non-hydrogen) atoms. The normalized spacial score (nSPS) is 11.4. The van der Waals surface area contributed by atoms with Crippen molar-refractivity contribution in [3.05, 3.63) is 0 Å². The van der Waals surface area contributed by atoms with Crippen LogP contribution in [0.2, 0.25) is 12.0 Å². The Hall–Kier alpha value is 0.830. The second-order valence-electron chi connectivity index (χ2n) is 5.24. The van der Waals surface area contributed by atoms with Gasteiger partial charge in [-0.05, 0) is 0 Å². The van der Waals surface area contributed by atoms with E-state index < -0.39 is 21.4 Å². The summed E-state index contributed by atoms with van der Waals surface area (Å²) in [5, 5.41) is 0. The van der Waals surface area contributed by atoms with Gasteiger partial charge in [0.25, 0.3) is 0 Å². The molecule has 0 N–H and O–H groups in total. The van der Waals surface area contributed by atoms with Gasteiger partial charge in [-0.1, -0.05) is 0 Å². The Morgan fingerprint density at radius 1 is 1.00 bits per heavy atom. The Labute approximate surface area is 105 Å². The van der Waals surface area contributed by atoms with E-state index in [2.05, 4.69) is 39.6 Å². The average molecular weight is 315 g/mol. The first-order chi connectivity index (χ1) is 7.11. The van der Waals surface area contributed by atoms with Crippen LogP contribution in [0.3, 0.4) is 0 Å². The third-order valence-electron chi connectivity index (χ3n) is 3.32.